The van der Waals surface area contributed by atoms with Crippen molar-refractivity contribution in [1.29, 1.82) is 0 Å². The Hall–Kier alpha value is -2.58. The van der Waals surface area contributed by atoms with Crippen molar-refractivity contribution in [2.24, 2.45) is 5.92 Å². The summed E-state index contributed by atoms with van der Waals surface area (Å²) in [5.74, 6) is 1.42. The van der Waals surface area contributed by atoms with Crippen molar-refractivity contribution in [3.05, 3.63) is 46.2 Å². The highest BCUT2D eigenvalue weighted by atomic mass is 32.1. The molecule has 0 radical (unpaired) electrons. The molecule has 2 heterocycles. The van der Waals surface area contributed by atoms with Gasteiger partial charge < -0.3 is 24.0 Å². The van der Waals surface area contributed by atoms with E-state index >= 15 is 0 Å². The minimum absolute atomic E-state index is 0.0227. The lowest BCUT2D eigenvalue weighted by Crippen LogP contribution is -2.48. The van der Waals surface area contributed by atoms with Crippen LogP contribution in [0.5, 0.6) is 11.5 Å². The molecule has 0 spiro atoms. The van der Waals surface area contributed by atoms with Gasteiger partial charge in [0.1, 0.15) is 6.61 Å². The van der Waals surface area contributed by atoms with Gasteiger partial charge in [-0.3, -0.25) is 9.59 Å². The van der Waals surface area contributed by atoms with Crippen LogP contribution in [0.2, 0.25) is 0 Å². The molecule has 2 amide bonds. The van der Waals surface area contributed by atoms with Crippen molar-refractivity contribution in [1.82, 2.24) is 9.80 Å². The zero-order valence-electron chi connectivity index (χ0n) is 19.9. The normalized spacial score (nSPS) is 15.3. The molecule has 33 heavy (non-hydrogen) atoms. The molecule has 1 aliphatic rings. The average molecular weight is 475 g/mol. The zero-order chi connectivity index (χ0) is 23.8. The summed E-state index contributed by atoms with van der Waals surface area (Å²) in [7, 11) is 3.21. The predicted octanol–water partition coefficient (Wildman–Crippen LogP) is 3.78. The van der Waals surface area contributed by atoms with Gasteiger partial charge in [-0.2, -0.15) is 0 Å². The molecule has 0 unspecified atom stereocenters. The number of nitrogens with zero attached hydrogens (tertiary/aromatic N) is 2. The van der Waals surface area contributed by atoms with E-state index < -0.39 is 0 Å². The van der Waals surface area contributed by atoms with Crippen LogP contribution in [0.3, 0.4) is 0 Å². The number of hydrogen-bond donors (Lipinski definition) is 0. The molecule has 3 rings (SSSR count). The lowest BCUT2D eigenvalue weighted by molar-refractivity contribution is -0.143. The maximum absolute atomic E-state index is 13.5. The second-order valence-electron chi connectivity index (χ2n) is 8.52. The molecular weight excluding hydrogens is 440 g/mol. The first-order valence-corrected chi connectivity index (χ1v) is 12.2. The van der Waals surface area contributed by atoms with E-state index in [9.17, 15) is 9.59 Å². The maximum atomic E-state index is 13.5. The van der Waals surface area contributed by atoms with Crippen LogP contribution in [0, 0.1) is 5.92 Å². The largest absolute Gasteiger partial charge is 0.493 e. The summed E-state index contributed by atoms with van der Waals surface area (Å²) < 4.78 is 16.7. The van der Waals surface area contributed by atoms with Crippen LogP contribution in [0.15, 0.2) is 35.7 Å². The van der Waals surface area contributed by atoms with Crippen molar-refractivity contribution < 1.29 is 23.8 Å². The third-order valence-corrected chi connectivity index (χ3v) is 6.70. The topological polar surface area (TPSA) is 68.3 Å². The zero-order valence-corrected chi connectivity index (χ0v) is 20.7. The van der Waals surface area contributed by atoms with Crippen LogP contribution >= 0.6 is 11.3 Å². The Morgan fingerprint density at radius 3 is 2.64 bits per heavy atom. The maximum Gasteiger partial charge on any atom is 0.242 e. The number of benzene rings is 1. The molecule has 0 N–H and O–H groups in total. The van der Waals surface area contributed by atoms with Gasteiger partial charge in [0.05, 0.1) is 26.3 Å². The highest BCUT2D eigenvalue weighted by molar-refractivity contribution is 7.10. The number of amides is 2. The van der Waals surface area contributed by atoms with Gasteiger partial charge in [0.25, 0.3) is 0 Å². The first kappa shape index (κ1) is 25.1. The van der Waals surface area contributed by atoms with E-state index in [1.165, 1.54) is 4.88 Å². The molecule has 1 atom stereocenters. The van der Waals surface area contributed by atoms with E-state index in [1.807, 2.05) is 43.0 Å². The third kappa shape index (κ3) is 6.48. The minimum atomic E-state index is -0.220. The Kier molecular flexibility index (Phi) is 9.14. The molecule has 0 aliphatic carbocycles. The van der Waals surface area contributed by atoms with Gasteiger partial charge >= 0.3 is 0 Å². The summed E-state index contributed by atoms with van der Waals surface area (Å²) in [6.45, 7) is 5.75. The van der Waals surface area contributed by atoms with Gasteiger partial charge in [-0.1, -0.05) is 26.0 Å². The Balaban J connectivity index is 1.77. The predicted molar refractivity (Wildman–Crippen MR) is 129 cm³/mol. The highest BCUT2D eigenvalue weighted by Gasteiger charge is 2.33. The van der Waals surface area contributed by atoms with Crippen LogP contribution in [-0.4, -0.2) is 68.7 Å². The number of carbonyl (C=O) groups is 2. The van der Waals surface area contributed by atoms with Gasteiger partial charge in [-0.25, -0.2) is 0 Å². The molecule has 0 bridgehead atoms. The Bertz CT molecular complexity index is 929. The van der Waals surface area contributed by atoms with Crippen LogP contribution in [0.25, 0.3) is 0 Å². The van der Waals surface area contributed by atoms with Crippen LogP contribution < -0.4 is 9.47 Å². The highest BCUT2D eigenvalue weighted by Crippen LogP contribution is 2.35. The molecule has 0 fully saturated rings. The fourth-order valence-electron chi connectivity index (χ4n) is 4.01. The number of carbonyl (C=O) groups excluding carboxylic acids is 2. The fraction of sp³-hybridized carbons (Fsp3) is 0.520. The van der Waals surface area contributed by atoms with Gasteiger partial charge in [0, 0.05) is 31.5 Å². The van der Waals surface area contributed by atoms with E-state index in [0.29, 0.717) is 44.2 Å². The lowest BCUT2D eigenvalue weighted by atomic mass is 10.00. The van der Waals surface area contributed by atoms with Gasteiger partial charge in [0.15, 0.2) is 11.5 Å². The first-order chi connectivity index (χ1) is 15.9. The van der Waals surface area contributed by atoms with Gasteiger partial charge in [-0.05, 0) is 41.5 Å². The SMILES string of the molecule is COCCN(CC(=O)N1CCc2sccc2[C@H]1COc1ccccc1OC)C(=O)CC(C)C. The number of thiophene rings is 1. The molecule has 7 nitrogen and oxygen atoms in total. The summed E-state index contributed by atoms with van der Waals surface area (Å²) in [5, 5.41) is 2.06. The molecule has 0 saturated carbocycles. The number of rotatable bonds is 11. The molecule has 2 aromatic rings. The van der Waals surface area contributed by atoms with Crippen molar-refractivity contribution in [2.75, 3.05) is 47.1 Å². The lowest BCUT2D eigenvalue weighted by Gasteiger charge is -2.37. The van der Waals surface area contributed by atoms with Crippen molar-refractivity contribution >= 4 is 23.2 Å². The summed E-state index contributed by atoms with van der Waals surface area (Å²) in [6, 6.07) is 9.35. The van der Waals surface area contributed by atoms with E-state index in [2.05, 4.69) is 11.4 Å². The van der Waals surface area contributed by atoms with E-state index in [-0.39, 0.29) is 30.3 Å². The Morgan fingerprint density at radius 2 is 1.94 bits per heavy atom. The number of methoxy groups -OCH3 is 2. The van der Waals surface area contributed by atoms with E-state index in [4.69, 9.17) is 14.2 Å². The summed E-state index contributed by atoms with van der Waals surface area (Å²) >= 11 is 1.71. The first-order valence-electron chi connectivity index (χ1n) is 11.3. The number of ether oxygens (including phenoxy) is 3. The monoisotopic (exact) mass is 474 g/mol. The Labute approximate surface area is 200 Å². The second-order valence-corrected chi connectivity index (χ2v) is 9.52. The van der Waals surface area contributed by atoms with Crippen LogP contribution in [0.1, 0.15) is 36.8 Å². The third-order valence-electron chi connectivity index (χ3n) is 5.71. The van der Waals surface area contributed by atoms with Crippen LogP contribution in [0.4, 0.5) is 0 Å². The number of fused-ring (bicyclic) bond motifs is 1. The van der Waals surface area contributed by atoms with E-state index in [0.717, 1.165) is 12.0 Å². The minimum Gasteiger partial charge on any atom is -0.493 e. The summed E-state index contributed by atoms with van der Waals surface area (Å²) in [4.78, 5) is 31.0. The second kappa shape index (κ2) is 12.0. The summed E-state index contributed by atoms with van der Waals surface area (Å²) in [6.07, 6.45) is 1.22. The number of hydrogen-bond acceptors (Lipinski definition) is 6. The van der Waals surface area contributed by atoms with E-state index in [1.54, 1.807) is 30.5 Å². The molecule has 1 aliphatic heterocycles. The molecular formula is C25H34N2O5S. The summed E-state index contributed by atoms with van der Waals surface area (Å²) in [5.41, 5.74) is 1.12. The molecule has 0 saturated heterocycles. The molecule has 1 aromatic heterocycles. The van der Waals surface area contributed by atoms with Crippen molar-refractivity contribution in [3.63, 3.8) is 0 Å². The average Bonchev–Trinajstić information content (AvgIpc) is 3.28. The van der Waals surface area contributed by atoms with Crippen LogP contribution in [-0.2, 0) is 20.7 Å². The molecule has 180 valence electrons. The standard InChI is InChI=1S/C25H34N2O5S/c1-18(2)15-24(28)26(12-13-30-3)16-25(29)27-11-9-23-19(10-14-33-23)20(27)17-32-22-8-6-5-7-21(22)31-4/h5-8,10,14,18,20H,9,11-13,15-17H2,1-4H3/t20-/m1/s1. The smallest absolute Gasteiger partial charge is 0.242 e. The molecule has 1 aromatic carbocycles. The molecule has 8 heteroatoms. The fourth-order valence-corrected chi connectivity index (χ4v) is 4.94. The van der Waals surface area contributed by atoms with Gasteiger partial charge in [-0.15, -0.1) is 11.3 Å². The Morgan fingerprint density at radius 1 is 1.18 bits per heavy atom. The number of para-hydroxylation sites is 2. The van der Waals surface area contributed by atoms with Crippen molar-refractivity contribution in [2.45, 2.75) is 32.7 Å². The van der Waals surface area contributed by atoms with Crippen molar-refractivity contribution in [3.8, 4) is 11.5 Å². The quantitative estimate of drug-likeness (QED) is 0.496. The van der Waals surface area contributed by atoms with Gasteiger partial charge in [0.2, 0.25) is 11.8 Å².